The van der Waals surface area contributed by atoms with Crippen molar-refractivity contribution in [3.8, 4) is 0 Å². The lowest BCUT2D eigenvalue weighted by Crippen LogP contribution is -2.63. The van der Waals surface area contributed by atoms with E-state index in [1.54, 1.807) is 0 Å². The second-order valence-electron chi connectivity index (χ2n) is 6.08. The lowest BCUT2D eigenvalue weighted by Gasteiger charge is -2.49. The number of nitrogens with one attached hydrogen (secondary N) is 1. The van der Waals surface area contributed by atoms with Gasteiger partial charge < -0.3 is 10.1 Å². The second kappa shape index (κ2) is 5.25. The van der Waals surface area contributed by atoms with E-state index in [4.69, 9.17) is 4.74 Å². The number of hydrogen-bond acceptors (Lipinski definition) is 3. The van der Waals surface area contributed by atoms with E-state index in [1.165, 1.54) is 64.6 Å². The molecular weight excluding hydrogens is 212 g/mol. The van der Waals surface area contributed by atoms with E-state index in [0.29, 0.717) is 5.54 Å². The van der Waals surface area contributed by atoms with Gasteiger partial charge in [-0.2, -0.15) is 0 Å². The van der Waals surface area contributed by atoms with Gasteiger partial charge in [-0.1, -0.05) is 19.3 Å². The van der Waals surface area contributed by atoms with Crippen LogP contribution in [-0.4, -0.2) is 49.3 Å². The summed E-state index contributed by atoms with van der Waals surface area (Å²) < 4.78 is 5.49. The molecule has 98 valence electrons. The van der Waals surface area contributed by atoms with Gasteiger partial charge in [0.15, 0.2) is 0 Å². The molecule has 0 amide bonds. The third-order valence-corrected chi connectivity index (χ3v) is 4.92. The van der Waals surface area contributed by atoms with E-state index in [9.17, 15) is 0 Å². The van der Waals surface area contributed by atoms with Crippen LogP contribution in [-0.2, 0) is 4.74 Å². The molecule has 2 aliphatic heterocycles. The van der Waals surface area contributed by atoms with Crippen LogP contribution in [0.4, 0.5) is 0 Å². The molecule has 1 aliphatic carbocycles. The number of ether oxygens (including phenoxy) is 1. The predicted octanol–water partition coefficient (Wildman–Crippen LogP) is 1.77. The molecule has 2 saturated heterocycles. The fourth-order valence-electron chi connectivity index (χ4n) is 3.91. The monoisotopic (exact) mass is 238 g/mol. The normalized spacial score (nSPS) is 31.8. The molecule has 3 heteroatoms. The molecule has 0 aromatic heterocycles. The van der Waals surface area contributed by atoms with Crippen LogP contribution in [0, 0.1) is 0 Å². The highest BCUT2D eigenvalue weighted by Gasteiger charge is 2.38. The molecule has 0 unspecified atom stereocenters. The molecule has 2 heterocycles. The Hall–Kier alpha value is -0.120. The Balaban J connectivity index is 1.61. The first-order valence-corrected chi connectivity index (χ1v) is 7.45. The Kier molecular flexibility index (Phi) is 3.69. The second-order valence-corrected chi connectivity index (χ2v) is 6.08. The van der Waals surface area contributed by atoms with E-state index in [-0.39, 0.29) is 0 Å². The zero-order valence-corrected chi connectivity index (χ0v) is 10.9. The molecule has 0 atom stereocenters. The first-order chi connectivity index (χ1) is 8.38. The predicted molar refractivity (Wildman–Crippen MR) is 69.2 cm³/mol. The van der Waals surface area contributed by atoms with Crippen LogP contribution in [0.2, 0.25) is 0 Å². The minimum atomic E-state index is 0.467. The summed E-state index contributed by atoms with van der Waals surface area (Å²) in [5, 5.41) is 3.83. The summed E-state index contributed by atoms with van der Waals surface area (Å²) in [4.78, 5) is 2.75. The first-order valence-electron chi connectivity index (χ1n) is 7.45. The quantitative estimate of drug-likeness (QED) is 0.753. The minimum absolute atomic E-state index is 0.467. The van der Waals surface area contributed by atoms with Gasteiger partial charge in [0.05, 0.1) is 0 Å². The maximum atomic E-state index is 5.49. The Labute approximate surface area is 105 Å². The Bertz CT molecular complexity index is 239. The van der Waals surface area contributed by atoms with Crippen molar-refractivity contribution in [1.82, 2.24) is 10.2 Å². The third-order valence-electron chi connectivity index (χ3n) is 4.92. The van der Waals surface area contributed by atoms with Gasteiger partial charge >= 0.3 is 0 Å². The van der Waals surface area contributed by atoms with E-state index < -0.39 is 0 Å². The molecule has 17 heavy (non-hydrogen) atoms. The van der Waals surface area contributed by atoms with Crippen molar-refractivity contribution in [1.29, 1.82) is 0 Å². The van der Waals surface area contributed by atoms with Gasteiger partial charge in [-0.15, -0.1) is 0 Å². The largest absolute Gasteiger partial charge is 0.381 e. The van der Waals surface area contributed by atoms with Crippen LogP contribution < -0.4 is 5.32 Å². The van der Waals surface area contributed by atoms with Gasteiger partial charge in [-0.05, 0) is 25.7 Å². The van der Waals surface area contributed by atoms with E-state index >= 15 is 0 Å². The Morgan fingerprint density at radius 1 is 1.06 bits per heavy atom. The standard InChI is InChI=1S/C14H26N2O/c1-2-6-14(7-3-1)12-16(9-8-15-14)13-4-10-17-11-5-13/h13,15H,1-12H2. The van der Waals surface area contributed by atoms with Crippen molar-refractivity contribution < 1.29 is 4.74 Å². The molecule has 1 saturated carbocycles. The van der Waals surface area contributed by atoms with Crippen LogP contribution in [0.25, 0.3) is 0 Å². The average Bonchev–Trinajstić information content (AvgIpc) is 2.41. The van der Waals surface area contributed by atoms with Crippen molar-refractivity contribution in [3.63, 3.8) is 0 Å². The molecule has 0 bridgehead atoms. The summed E-state index contributed by atoms with van der Waals surface area (Å²) >= 11 is 0. The molecular formula is C14H26N2O. The molecule has 3 aliphatic rings. The SMILES string of the molecule is C1CCC2(CC1)CN(C1CCOCC1)CCN2. The molecule has 3 fully saturated rings. The van der Waals surface area contributed by atoms with Crippen LogP contribution in [0.3, 0.4) is 0 Å². The highest BCUT2D eigenvalue weighted by Crippen LogP contribution is 2.32. The molecule has 0 aromatic carbocycles. The van der Waals surface area contributed by atoms with E-state index in [1.807, 2.05) is 0 Å². The van der Waals surface area contributed by atoms with Crippen molar-refractivity contribution in [2.24, 2.45) is 0 Å². The summed E-state index contributed by atoms with van der Waals surface area (Å²) in [7, 11) is 0. The van der Waals surface area contributed by atoms with Gasteiger partial charge in [0.1, 0.15) is 0 Å². The number of hydrogen-bond donors (Lipinski definition) is 1. The van der Waals surface area contributed by atoms with Crippen LogP contribution in [0.1, 0.15) is 44.9 Å². The van der Waals surface area contributed by atoms with E-state index in [0.717, 1.165) is 19.3 Å². The fraction of sp³-hybridized carbons (Fsp3) is 1.00. The molecule has 0 aromatic rings. The van der Waals surface area contributed by atoms with Crippen LogP contribution in [0.5, 0.6) is 0 Å². The van der Waals surface area contributed by atoms with Crippen LogP contribution >= 0.6 is 0 Å². The molecule has 3 nitrogen and oxygen atoms in total. The first kappa shape index (κ1) is 11.9. The summed E-state index contributed by atoms with van der Waals surface area (Å²) in [5.74, 6) is 0. The van der Waals surface area contributed by atoms with Crippen molar-refractivity contribution in [2.75, 3.05) is 32.8 Å². The summed E-state index contributed by atoms with van der Waals surface area (Å²) in [6.45, 7) is 5.67. The Morgan fingerprint density at radius 3 is 2.59 bits per heavy atom. The van der Waals surface area contributed by atoms with Crippen molar-refractivity contribution in [3.05, 3.63) is 0 Å². The van der Waals surface area contributed by atoms with E-state index in [2.05, 4.69) is 10.2 Å². The lowest BCUT2D eigenvalue weighted by atomic mass is 9.79. The third kappa shape index (κ3) is 2.67. The number of rotatable bonds is 1. The summed E-state index contributed by atoms with van der Waals surface area (Å²) in [6, 6.07) is 0.796. The van der Waals surface area contributed by atoms with Crippen LogP contribution in [0.15, 0.2) is 0 Å². The smallest absolute Gasteiger partial charge is 0.0480 e. The van der Waals surface area contributed by atoms with Crippen molar-refractivity contribution in [2.45, 2.75) is 56.5 Å². The van der Waals surface area contributed by atoms with Crippen molar-refractivity contribution >= 4 is 0 Å². The minimum Gasteiger partial charge on any atom is -0.381 e. The highest BCUT2D eigenvalue weighted by atomic mass is 16.5. The topological polar surface area (TPSA) is 24.5 Å². The van der Waals surface area contributed by atoms with Gasteiger partial charge in [0.2, 0.25) is 0 Å². The maximum absolute atomic E-state index is 5.49. The highest BCUT2D eigenvalue weighted by molar-refractivity contribution is 4.98. The molecule has 1 spiro atoms. The lowest BCUT2D eigenvalue weighted by molar-refractivity contribution is 0.00296. The fourth-order valence-corrected chi connectivity index (χ4v) is 3.91. The Morgan fingerprint density at radius 2 is 1.82 bits per heavy atom. The van der Waals surface area contributed by atoms with Gasteiger partial charge in [0, 0.05) is 44.4 Å². The van der Waals surface area contributed by atoms with Gasteiger partial charge in [-0.3, -0.25) is 4.90 Å². The molecule has 3 rings (SSSR count). The number of piperazine rings is 1. The zero-order valence-electron chi connectivity index (χ0n) is 10.9. The average molecular weight is 238 g/mol. The summed E-state index contributed by atoms with van der Waals surface area (Å²) in [5.41, 5.74) is 0.467. The number of nitrogens with zero attached hydrogens (tertiary/aromatic N) is 1. The summed E-state index contributed by atoms with van der Waals surface area (Å²) in [6.07, 6.45) is 9.58. The van der Waals surface area contributed by atoms with Gasteiger partial charge in [-0.25, -0.2) is 0 Å². The maximum Gasteiger partial charge on any atom is 0.0480 e. The molecule has 1 N–H and O–H groups in total. The van der Waals surface area contributed by atoms with Gasteiger partial charge in [0.25, 0.3) is 0 Å². The zero-order chi connectivity index (χ0) is 11.6. The molecule has 0 radical (unpaired) electrons.